The third-order valence-corrected chi connectivity index (χ3v) is 9.41. The quantitative estimate of drug-likeness (QED) is 0.159. The van der Waals surface area contributed by atoms with Crippen LogP contribution >= 0.6 is 0 Å². The molecule has 0 saturated carbocycles. The van der Waals surface area contributed by atoms with Crippen molar-refractivity contribution in [2.75, 3.05) is 0 Å². The first kappa shape index (κ1) is 32.5. The second kappa shape index (κ2) is 14.7. The standard InChI is InChI=1S/C49H33N5/c1-4-13-34(14-5-1)37-22-26-39(27-23-37)47-52-48(40-28-24-38(25-29-40)35-15-6-2-7-16-35)54-49(53-47)43-32-41(36-17-8-3-9-18-36)31-42(33-43)44-20-12-21-46(51-44)45-19-10-11-30-50-45/h1-33H. The van der Waals surface area contributed by atoms with Crippen molar-refractivity contribution in [2.24, 2.45) is 0 Å². The van der Waals surface area contributed by atoms with Crippen molar-refractivity contribution in [1.82, 2.24) is 24.9 Å². The lowest BCUT2D eigenvalue weighted by Gasteiger charge is -2.13. The molecule has 0 atom stereocenters. The summed E-state index contributed by atoms with van der Waals surface area (Å²) in [5.74, 6) is 1.78. The molecular formula is C49H33N5. The highest BCUT2D eigenvalue weighted by Gasteiger charge is 2.16. The minimum absolute atomic E-state index is 0.578. The Bertz CT molecular complexity index is 2560. The zero-order chi connectivity index (χ0) is 36.1. The van der Waals surface area contributed by atoms with E-state index in [1.807, 2.05) is 54.6 Å². The highest BCUT2D eigenvalue weighted by atomic mass is 15.0. The molecule has 0 aliphatic rings. The number of benzene rings is 6. The van der Waals surface area contributed by atoms with Gasteiger partial charge in [0.15, 0.2) is 17.5 Å². The summed E-state index contributed by atoms with van der Waals surface area (Å²) in [5, 5.41) is 0. The van der Waals surface area contributed by atoms with E-state index in [4.69, 9.17) is 19.9 Å². The molecular weight excluding hydrogens is 659 g/mol. The van der Waals surface area contributed by atoms with Gasteiger partial charge in [-0.2, -0.15) is 0 Å². The molecule has 54 heavy (non-hydrogen) atoms. The topological polar surface area (TPSA) is 64.5 Å². The lowest BCUT2D eigenvalue weighted by molar-refractivity contribution is 1.07. The average Bonchev–Trinajstić information content (AvgIpc) is 3.27. The molecule has 6 aromatic carbocycles. The van der Waals surface area contributed by atoms with Gasteiger partial charge < -0.3 is 0 Å². The van der Waals surface area contributed by atoms with Crippen molar-refractivity contribution in [3.05, 3.63) is 200 Å². The molecule has 0 radical (unpaired) electrons. The minimum atomic E-state index is 0.578. The number of aromatic nitrogens is 5. The largest absolute Gasteiger partial charge is 0.255 e. The number of pyridine rings is 2. The van der Waals surface area contributed by atoms with Crippen LogP contribution in [0, 0.1) is 0 Å². The van der Waals surface area contributed by atoms with Crippen LogP contribution in [0.4, 0.5) is 0 Å². The summed E-state index contributed by atoms with van der Waals surface area (Å²) in [6, 6.07) is 66.3. The van der Waals surface area contributed by atoms with Crippen LogP contribution in [0.1, 0.15) is 0 Å². The molecule has 0 spiro atoms. The average molecular weight is 692 g/mol. The van der Waals surface area contributed by atoms with Gasteiger partial charge in [-0.05, 0) is 75.8 Å². The summed E-state index contributed by atoms with van der Waals surface area (Å²) < 4.78 is 0. The van der Waals surface area contributed by atoms with Gasteiger partial charge in [-0.1, -0.05) is 152 Å². The summed E-state index contributed by atoms with van der Waals surface area (Å²) in [7, 11) is 0. The first-order valence-electron chi connectivity index (χ1n) is 17.9. The van der Waals surface area contributed by atoms with Gasteiger partial charge in [0.1, 0.15) is 0 Å². The maximum atomic E-state index is 5.15. The minimum Gasteiger partial charge on any atom is -0.255 e. The number of rotatable bonds is 8. The van der Waals surface area contributed by atoms with Crippen molar-refractivity contribution in [3.63, 3.8) is 0 Å². The molecule has 0 aliphatic carbocycles. The van der Waals surface area contributed by atoms with E-state index in [-0.39, 0.29) is 0 Å². The lowest BCUT2D eigenvalue weighted by Crippen LogP contribution is -2.01. The fraction of sp³-hybridized carbons (Fsp3) is 0. The first-order valence-corrected chi connectivity index (χ1v) is 17.9. The van der Waals surface area contributed by atoms with Crippen molar-refractivity contribution < 1.29 is 0 Å². The zero-order valence-corrected chi connectivity index (χ0v) is 29.3. The van der Waals surface area contributed by atoms with Crippen LogP contribution in [-0.2, 0) is 0 Å². The second-order valence-electron chi connectivity index (χ2n) is 13.0. The van der Waals surface area contributed by atoms with Crippen LogP contribution in [0.5, 0.6) is 0 Å². The van der Waals surface area contributed by atoms with Crippen molar-refractivity contribution in [1.29, 1.82) is 0 Å². The van der Waals surface area contributed by atoms with Gasteiger partial charge in [-0.25, -0.2) is 19.9 Å². The fourth-order valence-electron chi connectivity index (χ4n) is 6.60. The molecule has 3 heterocycles. The Morgan fingerprint density at radius 2 is 0.611 bits per heavy atom. The third-order valence-electron chi connectivity index (χ3n) is 9.41. The predicted octanol–water partition coefficient (Wildman–Crippen LogP) is 12.0. The van der Waals surface area contributed by atoms with Crippen LogP contribution in [-0.4, -0.2) is 24.9 Å². The van der Waals surface area contributed by atoms with Gasteiger partial charge in [0.05, 0.1) is 17.1 Å². The van der Waals surface area contributed by atoms with E-state index in [9.17, 15) is 0 Å². The Labute approximate surface area is 314 Å². The maximum absolute atomic E-state index is 5.15. The van der Waals surface area contributed by atoms with Crippen LogP contribution in [0.25, 0.3) is 90.2 Å². The van der Waals surface area contributed by atoms with Crippen LogP contribution in [0.3, 0.4) is 0 Å². The summed E-state index contributed by atoms with van der Waals surface area (Å²) in [4.78, 5) is 25.0. The molecule has 0 amide bonds. The Kier molecular flexibility index (Phi) is 8.86. The summed E-state index contributed by atoms with van der Waals surface area (Å²) in [6.07, 6.45) is 1.79. The lowest BCUT2D eigenvalue weighted by atomic mass is 9.97. The van der Waals surface area contributed by atoms with E-state index in [1.165, 1.54) is 0 Å². The second-order valence-corrected chi connectivity index (χ2v) is 13.0. The van der Waals surface area contributed by atoms with E-state index in [2.05, 4.69) is 145 Å². The third kappa shape index (κ3) is 6.94. The van der Waals surface area contributed by atoms with E-state index < -0.39 is 0 Å². The summed E-state index contributed by atoms with van der Waals surface area (Å²) in [5.41, 5.74) is 12.8. The molecule has 0 aliphatic heterocycles. The molecule has 254 valence electrons. The smallest absolute Gasteiger partial charge is 0.164 e. The normalized spacial score (nSPS) is 11.0. The molecule has 0 bridgehead atoms. The monoisotopic (exact) mass is 691 g/mol. The van der Waals surface area contributed by atoms with Gasteiger partial charge in [0.2, 0.25) is 0 Å². The highest BCUT2D eigenvalue weighted by molar-refractivity contribution is 5.80. The van der Waals surface area contributed by atoms with Gasteiger partial charge in [0.25, 0.3) is 0 Å². The van der Waals surface area contributed by atoms with Crippen LogP contribution in [0.15, 0.2) is 200 Å². The van der Waals surface area contributed by atoms with Gasteiger partial charge >= 0.3 is 0 Å². The molecule has 3 aromatic heterocycles. The zero-order valence-electron chi connectivity index (χ0n) is 29.3. The Morgan fingerprint density at radius 3 is 1.13 bits per heavy atom. The van der Waals surface area contributed by atoms with E-state index in [0.717, 1.165) is 72.7 Å². The first-order chi connectivity index (χ1) is 26.7. The van der Waals surface area contributed by atoms with Crippen molar-refractivity contribution in [3.8, 4) is 90.2 Å². The van der Waals surface area contributed by atoms with Crippen LogP contribution < -0.4 is 0 Å². The van der Waals surface area contributed by atoms with E-state index in [1.54, 1.807) is 6.20 Å². The fourth-order valence-corrected chi connectivity index (χ4v) is 6.60. The molecule has 0 saturated heterocycles. The molecule has 9 aromatic rings. The van der Waals surface area contributed by atoms with Crippen molar-refractivity contribution >= 4 is 0 Å². The molecule has 0 N–H and O–H groups in total. The number of hydrogen-bond donors (Lipinski definition) is 0. The van der Waals surface area contributed by atoms with Crippen molar-refractivity contribution in [2.45, 2.75) is 0 Å². The number of nitrogens with zero attached hydrogens (tertiary/aromatic N) is 5. The molecule has 0 unspecified atom stereocenters. The molecule has 0 fully saturated rings. The summed E-state index contributed by atoms with van der Waals surface area (Å²) in [6.45, 7) is 0. The Balaban J connectivity index is 1.19. The van der Waals surface area contributed by atoms with Gasteiger partial charge in [-0.3, -0.25) is 4.98 Å². The Hall–Kier alpha value is -7.37. The molecule has 5 heteroatoms. The molecule has 5 nitrogen and oxygen atoms in total. The van der Waals surface area contributed by atoms with E-state index in [0.29, 0.717) is 17.5 Å². The highest BCUT2D eigenvalue weighted by Crippen LogP contribution is 2.34. The van der Waals surface area contributed by atoms with Gasteiger partial charge in [-0.15, -0.1) is 0 Å². The molecule has 9 rings (SSSR count). The van der Waals surface area contributed by atoms with E-state index >= 15 is 0 Å². The van der Waals surface area contributed by atoms with Gasteiger partial charge in [0, 0.05) is 28.5 Å². The SMILES string of the molecule is c1ccc(-c2ccc(-c3nc(-c4ccc(-c5ccccc5)cc4)nc(-c4cc(-c5ccccc5)cc(-c5cccc(-c6ccccn6)n5)c4)n3)cc2)cc1. The number of hydrogen-bond acceptors (Lipinski definition) is 5. The van der Waals surface area contributed by atoms with Crippen LogP contribution in [0.2, 0.25) is 0 Å². The predicted molar refractivity (Wildman–Crippen MR) is 219 cm³/mol. The Morgan fingerprint density at radius 1 is 0.222 bits per heavy atom. The maximum Gasteiger partial charge on any atom is 0.164 e. The summed E-state index contributed by atoms with van der Waals surface area (Å²) >= 11 is 0.